The van der Waals surface area contributed by atoms with Crippen LogP contribution in [0.4, 0.5) is 0 Å². The average Bonchev–Trinajstić information content (AvgIpc) is 3.03. The van der Waals surface area contributed by atoms with Crippen LogP contribution in [0.1, 0.15) is 5.56 Å². The summed E-state index contributed by atoms with van der Waals surface area (Å²) in [6.45, 7) is 0. The first kappa shape index (κ1) is 14.8. The van der Waals surface area contributed by atoms with E-state index >= 15 is 0 Å². The zero-order valence-electron chi connectivity index (χ0n) is 12.0. The highest BCUT2D eigenvalue weighted by molar-refractivity contribution is 7.13. The van der Waals surface area contributed by atoms with Gasteiger partial charge in [-0.25, -0.2) is 4.98 Å². The zero-order valence-corrected chi connectivity index (χ0v) is 13.6. The minimum Gasteiger partial charge on any atom is -0.504 e. The maximum atomic E-state index is 6.09. The lowest BCUT2D eigenvalue weighted by molar-refractivity contribution is 0.341. The fraction of sp³-hybridized carbons (Fsp3) is 0.0556. The number of hydrogen-bond acceptors (Lipinski definition) is 3. The molecule has 1 heterocycles. The van der Waals surface area contributed by atoms with Crippen LogP contribution >= 0.6 is 22.9 Å². The van der Waals surface area contributed by atoms with Crippen LogP contribution in [-0.2, 0) is 4.74 Å². The van der Waals surface area contributed by atoms with Crippen molar-refractivity contribution in [1.29, 1.82) is 0 Å². The van der Waals surface area contributed by atoms with Gasteiger partial charge in [-0.3, -0.25) is 0 Å². The highest BCUT2D eigenvalue weighted by Crippen LogP contribution is 2.32. The van der Waals surface area contributed by atoms with Crippen LogP contribution in [0.2, 0.25) is 5.02 Å². The molecule has 0 saturated carbocycles. The summed E-state index contributed by atoms with van der Waals surface area (Å²) in [5.74, 6) is 0. The minimum atomic E-state index is 0.693. The molecule has 110 valence electrons. The molecular formula is C18H14ClNOS. The summed E-state index contributed by atoms with van der Waals surface area (Å²) in [6.07, 6.45) is 3.53. The van der Waals surface area contributed by atoms with Crippen LogP contribution in [0, 0.1) is 0 Å². The van der Waals surface area contributed by atoms with E-state index in [-0.39, 0.29) is 0 Å². The Morgan fingerprint density at radius 3 is 2.73 bits per heavy atom. The standard InChI is InChI=1S/C18H14ClNOS/c1-21-10-9-14-11-15(19)7-8-16(14)17-12-22-18(20-17)13-5-3-2-4-6-13/h2-12H,1H3. The van der Waals surface area contributed by atoms with Gasteiger partial charge in [0.25, 0.3) is 0 Å². The van der Waals surface area contributed by atoms with Crippen molar-refractivity contribution in [2.24, 2.45) is 0 Å². The molecule has 0 saturated heterocycles. The maximum Gasteiger partial charge on any atom is 0.124 e. The summed E-state index contributed by atoms with van der Waals surface area (Å²) in [4.78, 5) is 4.75. The van der Waals surface area contributed by atoms with Gasteiger partial charge < -0.3 is 4.74 Å². The molecule has 4 heteroatoms. The van der Waals surface area contributed by atoms with Crippen molar-refractivity contribution < 1.29 is 4.74 Å². The van der Waals surface area contributed by atoms with Crippen LogP contribution < -0.4 is 0 Å². The van der Waals surface area contributed by atoms with E-state index < -0.39 is 0 Å². The quantitative estimate of drug-likeness (QED) is 0.569. The molecule has 0 aliphatic heterocycles. The number of thiazole rings is 1. The molecule has 2 aromatic carbocycles. The van der Waals surface area contributed by atoms with E-state index in [0.717, 1.165) is 27.4 Å². The number of nitrogens with zero attached hydrogens (tertiary/aromatic N) is 1. The number of halogens is 1. The number of ether oxygens (including phenoxy) is 1. The Bertz CT molecular complexity index is 796. The van der Waals surface area contributed by atoms with Crippen molar-refractivity contribution in [3.05, 3.63) is 70.8 Å². The fourth-order valence-corrected chi connectivity index (χ4v) is 3.16. The van der Waals surface area contributed by atoms with Crippen molar-refractivity contribution >= 4 is 29.0 Å². The van der Waals surface area contributed by atoms with Gasteiger partial charge in [0, 0.05) is 21.5 Å². The first-order valence-corrected chi connectivity index (χ1v) is 8.04. The summed E-state index contributed by atoms with van der Waals surface area (Å²) in [5.41, 5.74) is 4.09. The molecule has 3 rings (SSSR count). The second-order valence-corrected chi connectivity index (χ2v) is 5.97. The molecule has 1 aromatic heterocycles. The number of benzene rings is 2. The third-order valence-electron chi connectivity index (χ3n) is 3.20. The van der Waals surface area contributed by atoms with E-state index in [9.17, 15) is 0 Å². The van der Waals surface area contributed by atoms with Crippen LogP contribution in [0.5, 0.6) is 0 Å². The number of aromatic nitrogens is 1. The smallest absolute Gasteiger partial charge is 0.124 e. The van der Waals surface area contributed by atoms with Gasteiger partial charge in [-0.1, -0.05) is 48.0 Å². The van der Waals surface area contributed by atoms with Gasteiger partial charge in [0.2, 0.25) is 0 Å². The van der Waals surface area contributed by atoms with Gasteiger partial charge in [0.1, 0.15) is 5.01 Å². The van der Waals surface area contributed by atoms with E-state index in [0.29, 0.717) is 5.02 Å². The van der Waals surface area contributed by atoms with Crippen molar-refractivity contribution in [2.75, 3.05) is 7.11 Å². The van der Waals surface area contributed by atoms with Crippen molar-refractivity contribution in [1.82, 2.24) is 4.98 Å². The number of rotatable bonds is 4. The lowest BCUT2D eigenvalue weighted by Crippen LogP contribution is -1.85. The normalized spacial score (nSPS) is 11.0. The largest absolute Gasteiger partial charge is 0.504 e. The Balaban J connectivity index is 2.02. The monoisotopic (exact) mass is 327 g/mol. The lowest BCUT2D eigenvalue weighted by Gasteiger charge is -2.04. The van der Waals surface area contributed by atoms with Crippen LogP contribution in [-0.4, -0.2) is 12.1 Å². The second-order valence-electron chi connectivity index (χ2n) is 4.67. The van der Waals surface area contributed by atoms with Crippen LogP contribution in [0.15, 0.2) is 60.2 Å². The molecule has 0 amide bonds. The molecule has 22 heavy (non-hydrogen) atoms. The van der Waals surface area contributed by atoms with E-state index in [1.807, 2.05) is 42.5 Å². The van der Waals surface area contributed by atoms with Crippen molar-refractivity contribution in [3.8, 4) is 21.8 Å². The Morgan fingerprint density at radius 2 is 1.95 bits per heavy atom. The lowest BCUT2D eigenvalue weighted by atomic mass is 10.1. The first-order chi connectivity index (χ1) is 10.8. The van der Waals surface area contributed by atoms with Crippen molar-refractivity contribution in [3.63, 3.8) is 0 Å². The molecular weight excluding hydrogens is 314 g/mol. The predicted molar refractivity (Wildman–Crippen MR) is 94.0 cm³/mol. The van der Waals surface area contributed by atoms with Crippen LogP contribution in [0.25, 0.3) is 27.9 Å². The first-order valence-electron chi connectivity index (χ1n) is 6.78. The molecule has 3 aromatic rings. The van der Waals surface area contributed by atoms with Gasteiger partial charge in [-0.2, -0.15) is 0 Å². The summed E-state index contributed by atoms with van der Waals surface area (Å²) in [5, 5.41) is 3.76. The van der Waals surface area contributed by atoms with E-state index in [2.05, 4.69) is 17.5 Å². The highest BCUT2D eigenvalue weighted by Gasteiger charge is 2.09. The minimum absolute atomic E-state index is 0.693. The van der Waals surface area contributed by atoms with Gasteiger partial charge in [0.05, 0.1) is 19.1 Å². The molecule has 0 aliphatic carbocycles. The van der Waals surface area contributed by atoms with Gasteiger partial charge >= 0.3 is 0 Å². The summed E-state index contributed by atoms with van der Waals surface area (Å²) < 4.78 is 5.01. The molecule has 0 radical (unpaired) electrons. The Labute approximate surface area is 138 Å². The third-order valence-corrected chi connectivity index (χ3v) is 4.32. The highest BCUT2D eigenvalue weighted by atomic mass is 35.5. The molecule has 0 fully saturated rings. The molecule has 2 nitrogen and oxygen atoms in total. The SMILES string of the molecule is COC=Cc1cc(Cl)ccc1-c1csc(-c2ccccc2)n1. The Morgan fingerprint density at radius 1 is 1.14 bits per heavy atom. The molecule has 0 atom stereocenters. The van der Waals surface area contributed by atoms with E-state index in [1.54, 1.807) is 24.7 Å². The zero-order chi connectivity index (χ0) is 15.4. The number of methoxy groups -OCH3 is 1. The van der Waals surface area contributed by atoms with E-state index in [4.69, 9.17) is 21.3 Å². The predicted octanol–water partition coefficient (Wildman–Crippen LogP) is 5.75. The number of hydrogen-bond donors (Lipinski definition) is 0. The summed E-state index contributed by atoms with van der Waals surface area (Å²) >= 11 is 7.73. The van der Waals surface area contributed by atoms with E-state index in [1.165, 1.54) is 0 Å². The molecule has 0 N–H and O–H groups in total. The molecule has 0 aliphatic rings. The molecule has 0 spiro atoms. The summed E-state index contributed by atoms with van der Waals surface area (Å²) in [7, 11) is 1.62. The van der Waals surface area contributed by atoms with Crippen molar-refractivity contribution in [2.45, 2.75) is 0 Å². The maximum absolute atomic E-state index is 6.09. The van der Waals surface area contributed by atoms with Crippen LogP contribution in [0.3, 0.4) is 0 Å². The Hall–Kier alpha value is -2.10. The third kappa shape index (κ3) is 3.21. The van der Waals surface area contributed by atoms with Gasteiger partial charge in [-0.15, -0.1) is 11.3 Å². The molecule has 0 bridgehead atoms. The molecule has 0 unspecified atom stereocenters. The van der Waals surface area contributed by atoms with Gasteiger partial charge in [0.15, 0.2) is 0 Å². The Kier molecular flexibility index (Phi) is 4.56. The fourth-order valence-electron chi connectivity index (χ4n) is 2.16. The summed E-state index contributed by atoms with van der Waals surface area (Å²) in [6, 6.07) is 16.0. The second kappa shape index (κ2) is 6.77. The average molecular weight is 328 g/mol. The van der Waals surface area contributed by atoms with Gasteiger partial charge in [-0.05, 0) is 23.8 Å². The topological polar surface area (TPSA) is 22.1 Å².